The Balaban J connectivity index is 2.59. The highest BCUT2D eigenvalue weighted by atomic mass is 32.2. The van der Waals surface area contributed by atoms with E-state index in [0.717, 1.165) is 6.42 Å². The van der Waals surface area contributed by atoms with Crippen LogP contribution >= 0.6 is 0 Å². The van der Waals surface area contributed by atoms with Crippen molar-refractivity contribution in [3.8, 4) is 0 Å². The molecule has 0 spiro atoms. The van der Waals surface area contributed by atoms with E-state index in [1.807, 2.05) is 6.92 Å². The van der Waals surface area contributed by atoms with E-state index in [9.17, 15) is 8.42 Å². The van der Waals surface area contributed by atoms with Crippen molar-refractivity contribution in [2.75, 3.05) is 32.1 Å². The molecular formula is C9H19NO4S. The number of hydrogen-bond donors (Lipinski definition) is 1. The van der Waals surface area contributed by atoms with E-state index in [-0.39, 0.29) is 18.5 Å². The van der Waals surface area contributed by atoms with Crippen LogP contribution in [0.25, 0.3) is 0 Å². The van der Waals surface area contributed by atoms with Gasteiger partial charge in [-0.1, -0.05) is 0 Å². The van der Waals surface area contributed by atoms with E-state index in [0.29, 0.717) is 26.1 Å². The highest BCUT2D eigenvalue weighted by Crippen LogP contribution is 2.11. The molecular weight excluding hydrogens is 218 g/mol. The summed E-state index contributed by atoms with van der Waals surface area (Å²) in [6.07, 6.45) is 0.993. The molecule has 0 amide bonds. The van der Waals surface area contributed by atoms with E-state index >= 15 is 0 Å². The van der Waals surface area contributed by atoms with Crippen molar-refractivity contribution in [3.63, 3.8) is 0 Å². The monoisotopic (exact) mass is 237 g/mol. The van der Waals surface area contributed by atoms with E-state index in [2.05, 4.69) is 0 Å². The number of ether oxygens (including phenoxy) is 1. The first-order chi connectivity index (χ1) is 7.06. The van der Waals surface area contributed by atoms with Crippen LogP contribution in [-0.2, 0) is 14.8 Å². The minimum atomic E-state index is -3.21. The minimum absolute atomic E-state index is 0.0240. The summed E-state index contributed by atoms with van der Waals surface area (Å²) in [5, 5.41) is 8.63. The summed E-state index contributed by atoms with van der Waals surface area (Å²) in [5.41, 5.74) is 0. The largest absolute Gasteiger partial charge is 0.396 e. The molecule has 1 N–H and O–H groups in total. The van der Waals surface area contributed by atoms with E-state index < -0.39 is 10.0 Å². The summed E-state index contributed by atoms with van der Waals surface area (Å²) >= 11 is 0. The number of hydrogen-bond acceptors (Lipinski definition) is 4. The quantitative estimate of drug-likeness (QED) is 0.736. The lowest BCUT2D eigenvalue weighted by Gasteiger charge is -2.21. The maximum atomic E-state index is 11.8. The topological polar surface area (TPSA) is 66.8 Å². The van der Waals surface area contributed by atoms with Crippen LogP contribution in [0.2, 0.25) is 0 Å². The van der Waals surface area contributed by atoms with Crippen molar-refractivity contribution in [2.45, 2.75) is 25.9 Å². The van der Waals surface area contributed by atoms with Gasteiger partial charge in [0.2, 0.25) is 10.0 Å². The lowest BCUT2D eigenvalue weighted by molar-refractivity contribution is 0.0752. The fourth-order valence-electron chi connectivity index (χ4n) is 1.58. The van der Waals surface area contributed by atoms with Crippen LogP contribution in [-0.4, -0.2) is 56.0 Å². The van der Waals surface area contributed by atoms with Crippen LogP contribution in [0.4, 0.5) is 0 Å². The fraction of sp³-hybridized carbons (Fsp3) is 1.00. The summed E-state index contributed by atoms with van der Waals surface area (Å²) in [7, 11) is -3.21. The number of rotatable bonds is 4. The molecule has 90 valence electrons. The molecule has 0 aliphatic carbocycles. The maximum absolute atomic E-state index is 11.8. The Kier molecular flexibility index (Phi) is 4.98. The van der Waals surface area contributed by atoms with Crippen LogP contribution in [0, 0.1) is 0 Å². The lowest BCUT2D eigenvalue weighted by Crippen LogP contribution is -2.37. The van der Waals surface area contributed by atoms with Crippen LogP contribution < -0.4 is 0 Å². The normalized spacial score (nSPS) is 25.1. The predicted molar refractivity (Wildman–Crippen MR) is 57.1 cm³/mol. The van der Waals surface area contributed by atoms with Gasteiger partial charge in [0, 0.05) is 26.3 Å². The second-order valence-corrected chi connectivity index (χ2v) is 5.87. The second-order valence-electron chi connectivity index (χ2n) is 3.79. The van der Waals surface area contributed by atoms with Gasteiger partial charge in [0.1, 0.15) is 0 Å². The van der Waals surface area contributed by atoms with E-state index in [4.69, 9.17) is 9.84 Å². The van der Waals surface area contributed by atoms with Crippen molar-refractivity contribution >= 4 is 10.0 Å². The van der Waals surface area contributed by atoms with Crippen molar-refractivity contribution < 1.29 is 18.3 Å². The Hall–Kier alpha value is -0.170. The molecule has 6 heteroatoms. The minimum Gasteiger partial charge on any atom is -0.396 e. The number of sulfonamides is 1. The van der Waals surface area contributed by atoms with Gasteiger partial charge in [0.05, 0.1) is 11.9 Å². The fourth-order valence-corrected chi connectivity index (χ4v) is 3.18. The average molecular weight is 237 g/mol. The number of aliphatic hydroxyl groups is 1. The standard InChI is InChI=1S/C9H19NO4S/c1-9-8-10(4-2-6-14-9)15(12,13)7-3-5-11/h9,11H,2-8H2,1H3. The summed E-state index contributed by atoms with van der Waals surface area (Å²) in [5.74, 6) is 0.0240. The van der Waals surface area contributed by atoms with E-state index in [1.54, 1.807) is 0 Å². The molecule has 1 aliphatic heterocycles. The third-order valence-electron chi connectivity index (χ3n) is 2.37. The summed E-state index contributed by atoms with van der Waals surface area (Å²) in [6, 6.07) is 0. The lowest BCUT2D eigenvalue weighted by atomic mass is 10.4. The third-order valence-corrected chi connectivity index (χ3v) is 4.29. The molecule has 1 rings (SSSR count). The first-order valence-corrected chi connectivity index (χ1v) is 6.87. The molecule has 5 nitrogen and oxygen atoms in total. The van der Waals surface area contributed by atoms with Crippen molar-refractivity contribution in [2.24, 2.45) is 0 Å². The van der Waals surface area contributed by atoms with Gasteiger partial charge in [0.15, 0.2) is 0 Å². The molecule has 1 aliphatic rings. The molecule has 0 aromatic heterocycles. The van der Waals surface area contributed by atoms with Gasteiger partial charge in [-0.2, -0.15) is 4.31 Å². The van der Waals surface area contributed by atoms with Gasteiger partial charge in [0.25, 0.3) is 0 Å². The molecule has 1 atom stereocenters. The first-order valence-electron chi connectivity index (χ1n) is 5.26. The molecule has 0 aromatic rings. The molecule has 15 heavy (non-hydrogen) atoms. The maximum Gasteiger partial charge on any atom is 0.214 e. The SMILES string of the molecule is CC1CN(S(=O)(=O)CCCO)CCCO1. The third kappa shape index (κ3) is 4.06. The van der Waals surface area contributed by atoms with Crippen molar-refractivity contribution in [1.82, 2.24) is 4.31 Å². The molecule has 1 fully saturated rings. The molecule has 0 saturated carbocycles. The zero-order valence-electron chi connectivity index (χ0n) is 9.05. The van der Waals surface area contributed by atoms with Gasteiger partial charge in [-0.15, -0.1) is 0 Å². The smallest absolute Gasteiger partial charge is 0.214 e. The summed E-state index contributed by atoms with van der Waals surface area (Å²) < 4.78 is 30.5. The highest BCUT2D eigenvalue weighted by molar-refractivity contribution is 7.89. The Bertz CT molecular complexity index is 278. The second kappa shape index (κ2) is 5.79. The van der Waals surface area contributed by atoms with Crippen LogP contribution in [0.5, 0.6) is 0 Å². The van der Waals surface area contributed by atoms with Crippen LogP contribution in [0.15, 0.2) is 0 Å². The predicted octanol–water partition coefficient (Wildman–Crippen LogP) is -0.191. The van der Waals surface area contributed by atoms with Gasteiger partial charge >= 0.3 is 0 Å². The van der Waals surface area contributed by atoms with Gasteiger partial charge in [-0.25, -0.2) is 8.42 Å². The molecule has 1 unspecified atom stereocenters. The van der Waals surface area contributed by atoms with Gasteiger partial charge < -0.3 is 9.84 Å². The van der Waals surface area contributed by atoms with Crippen LogP contribution in [0.3, 0.4) is 0 Å². The Labute approximate surface area is 91.1 Å². The van der Waals surface area contributed by atoms with E-state index in [1.165, 1.54) is 4.31 Å². The summed E-state index contributed by atoms with van der Waals surface area (Å²) in [4.78, 5) is 0. The zero-order valence-corrected chi connectivity index (χ0v) is 9.87. The number of nitrogens with zero attached hydrogens (tertiary/aromatic N) is 1. The Morgan fingerprint density at radius 1 is 1.53 bits per heavy atom. The Morgan fingerprint density at radius 3 is 2.93 bits per heavy atom. The van der Waals surface area contributed by atoms with Crippen molar-refractivity contribution in [1.29, 1.82) is 0 Å². The number of aliphatic hydroxyl groups excluding tert-OH is 1. The molecule has 1 heterocycles. The van der Waals surface area contributed by atoms with Gasteiger partial charge in [-0.3, -0.25) is 0 Å². The van der Waals surface area contributed by atoms with Crippen molar-refractivity contribution in [3.05, 3.63) is 0 Å². The molecule has 0 radical (unpaired) electrons. The Morgan fingerprint density at radius 2 is 2.27 bits per heavy atom. The van der Waals surface area contributed by atoms with Gasteiger partial charge in [-0.05, 0) is 19.8 Å². The molecule has 0 bridgehead atoms. The zero-order chi connectivity index (χ0) is 11.3. The molecule has 0 aromatic carbocycles. The average Bonchev–Trinajstić information content (AvgIpc) is 2.40. The highest BCUT2D eigenvalue weighted by Gasteiger charge is 2.25. The molecule has 1 saturated heterocycles. The first kappa shape index (κ1) is 12.9. The van der Waals surface area contributed by atoms with Crippen LogP contribution in [0.1, 0.15) is 19.8 Å². The summed E-state index contributed by atoms with van der Waals surface area (Å²) in [6.45, 7) is 3.36.